The van der Waals surface area contributed by atoms with E-state index in [1.54, 1.807) is 0 Å². The zero-order chi connectivity index (χ0) is 12.1. The van der Waals surface area contributed by atoms with Crippen molar-refractivity contribution in [2.75, 3.05) is 12.4 Å². The van der Waals surface area contributed by atoms with E-state index < -0.39 is 0 Å². The molecule has 0 aliphatic carbocycles. The maximum Gasteiger partial charge on any atom is 0.0445 e. The van der Waals surface area contributed by atoms with Crippen molar-refractivity contribution >= 4 is 11.8 Å². The molecule has 0 amide bonds. The summed E-state index contributed by atoms with van der Waals surface area (Å²) in [6.45, 7) is 2.41. The van der Waals surface area contributed by atoms with E-state index in [4.69, 9.17) is 5.11 Å². The van der Waals surface area contributed by atoms with Crippen LogP contribution in [0.2, 0.25) is 0 Å². The highest BCUT2D eigenvalue weighted by molar-refractivity contribution is 7.99. The number of hydrogen-bond donors (Lipinski definition) is 2. The molecule has 0 fully saturated rings. The molecule has 1 aliphatic rings. The Kier molecular flexibility index (Phi) is 4.89. The van der Waals surface area contributed by atoms with Crippen LogP contribution in [0.3, 0.4) is 0 Å². The molecule has 0 aromatic heterocycles. The summed E-state index contributed by atoms with van der Waals surface area (Å²) in [7, 11) is 0. The molecule has 2 unspecified atom stereocenters. The maximum atomic E-state index is 8.97. The molecule has 0 bridgehead atoms. The molecular formula is C14H21NOS. The van der Waals surface area contributed by atoms with Gasteiger partial charge in [-0.25, -0.2) is 0 Å². The minimum atomic E-state index is 0.261. The first-order chi connectivity index (χ1) is 8.31. The molecular weight excluding hydrogens is 230 g/mol. The lowest BCUT2D eigenvalue weighted by atomic mass is 10.0. The second-order valence-corrected chi connectivity index (χ2v) is 5.80. The largest absolute Gasteiger partial charge is 0.396 e. The van der Waals surface area contributed by atoms with Crippen LogP contribution in [0.1, 0.15) is 37.8 Å². The Bertz CT molecular complexity index is 356. The number of aliphatic hydroxyl groups excluding tert-OH is 1. The Morgan fingerprint density at radius 2 is 2.29 bits per heavy atom. The van der Waals surface area contributed by atoms with Gasteiger partial charge in [-0.1, -0.05) is 18.2 Å². The number of rotatable bonds is 4. The second-order valence-electron chi connectivity index (χ2n) is 4.66. The number of aliphatic hydroxyl groups is 1. The van der Waals surface area contributed by atoms with E-state index in [1.807, 2.05) is 11.8 Å². The van der Waals surface area contributed by atoms with E-state index in [-0.39, 0.29) is 6.61 Å². The Morgan fingerprint density at radius 3 is 3.12 bits per heavy atom. The first kappa shape index (κ1) is 12.9. The summed E-state index contributed by atoms with van der Waals surface area (Å²) in [6, 6.07) is 9.51. The van der Waals surface area contributed by atoms with E-state index in [2.05, 4.69) is 36.5 Å². The monoisotopic (exact) mass is 251 g/mol. The lowest BCUT2D eigenvalue weighted by Crippen LogP contribution is -2.31. The van der Waals surface area contributed by atoms with Crippen molar-refractivity contribution in [2.24, 2.45) is 0 Å². The summed E-state index contributed by atoms with van der Waals surface area (Å²) in [6.07, 6.45) is 3.27. The number of hydrogen-bond acceptors (Lipinski definition) is 3. The summed E-state index contributed by atoms with van der Waals surface area (Å²) in [5.74, 6) is 1.21. The third-order valence-electron chi connectivity index (χ3n) is 3.24. The third kappa shape index (κ3) is 3.47. The number of fused-ring (bicyclic) bond motifs is 1. The highest BCUT2D eigenvalue weighted by Gasteiger charge is 2.19. The predicted octanol–water partition coefficient (Wildman–Crippen LogP) is 2.97. The molecule has 1 heterocycles. The summed E-state index contributed by atoms with van der Waals surface area (Å²) in [5, 5.41) is 12.6. The minimum Gasteiger partial charge on any atom is -0.396 e. The van der Waals surface area contributed by atoms with Crippen molar-refractivity contribution in [3.05, 3.63) is 29.8 Å². The van der Waals surface area contributed by atoms with Crippen LogP contribution in [0.15, 0.2) is 29.2 Å². The molecule has 2 N–H and O–H groups in total. The molecule has 2 nitrogen and oxygen atoms in total. The maximum absolute atomic E-state index is 8.97. The van der Waals surface area contributed by atoms with Gasteiger partial charge in [0.05, 0.1) is 0 Å². The van der Waals surface area contributed by atoms with Gasteiger partial charge in [0.1, 0.15) is 0 Å². The number of benzene rings is 1. The average Bonchev–Trinajstić information content (AvgIpc) is 2.53. The molecule has 94 valence electrons. The summed E-state index contributed by atoms with van der Waals surface area (Å²) in [5.41, 5.74) is 1.43. The summed E-state index contributed by atoms with van der Waals surface area (Å²) in [4.78, 5) is 1.42. The van der Waals surface area contributed by atoms with Gasteiger partial charge in [-0.3, -0.25) is 0 Å². The average molecular weight is 251 g/mol. The molecule has 2 atom stereocenters. The fourth-order valence-corrected chi connectivity index (χ4v) is 3.40. The van der Waals surface area contributed by atoms with E-state index in [9.17, 15) is 0 Å². The van der Waals surface area contributed by atoms with E-state index in [0.29, 0.717) is 12.1 Å². The van der Waals surface area contributed by atoms with Gasteiger partial charge in [0.2, 0.25) is 0 Å². The van der Waals surface area contributed by atoms with E-state index in [0.717, 1.165) is 6.42 Å². The topological polar surface area (TPSA) is 32.3 Å². The van der Waals surface area contributed by atoms with E-state index in [1.165, 1.54) is 29.1 Å². The van der Waals surface area contributed by atoms with Crippen molar-refractivity contribution in [2.45, 2.75) is 43.2 Å². The zero-order valence-electron chi connectivity index (χ0n) is 10.4. The van der Waals surface area contributed by atoms with Crippen LogP contribution in [0.4, 0.5) is 0 Å². The molecule has 0 spiro atoms. The van der Waals surface area contributed by atoms with Gasteiger partial charge in [0, 0.05) is 23.6 Å². The van der Waals surface area contributed by atoms with Gasteiger partial charge in [-0.2, -0.15) is 0 Å². The molecule has 1 aliphatic heterocycles. The standard InChI is InChI=1S/C14H21NOS/c1-11(8-9-16)15-13-6-4-10-17-14-7-3-2-5-12(13)14/h2-3,5,7,11,13,15-16H,4,6,8-10H2,1H3. The SMILES string of the molecule is CC(CCO)NC1CCCSc2ccccc21. The van der Waals surface area contributed by atoms with Crippen LogP contribution in [0, 0.1) is 0 Å². The first-order valence-corrected chi connectivity index (χ1v) is 7.38. The summed E-state index contributed by atoms with van der Waals surface area (Å²) < 4.78 is 0. The first-order valence-electron chi connectivity index (χ1n) is 6.40. The molecule has 2 rings (SSSR count). The highest BCUT2D eigenvalue weighted by Crippen LogP contribution is 2.34. The van der Waals surface area contributed by atoms with Gasteiger partial charge in [0.15, 0.2) is 0 Å². The third-order valence-corrected chi connectivity index (χ3v) is 4.41. The molecule has 0 saturated carbocycles. The van der Waals surface area contributed by atoms with Gasteiger partial charge in [0.25, 0.3) is 0 Å². The van der Waals surface area contributed by atoms with Crippen LogP contribution in [-0.2, 0) is 0 Å². The molecule has 1 aromatic carbocycles. The van der Waals surface area contributed by atoms with Crippen LogP contribution in [0.5, 0.6) is 0 Å². The van der Waals surface area contributed by atoms with Gasteiger partial charge >= 0.3 is 0 Å². The van der Waals surface area contributed by atoms with Crippen LogP contribution in [-0.4, -0.2) is 23.5 Å². The molecule has 1 aromatic rings. The lowest BCUT2D eigenvalue weighted by molar-refractivity contribution is 0.261. The fourth-order valence-electron chi connectivity index (χ4n) is 2.32. The Hall–Kier alpha value is -0.510. The minimum absolute atomic E-state index is 0.261. The normalized spacial score (nSPS) is 21.6. The van der Waals surface area contributed by atoms with Crippen LogP contribution < -0.4 is 5.32 Å². The van der Waals surface area contributed by atoms with E-state index >= 15 is 0 Å². The quantitative estimate of drug-likeness (QED) is 0.863. The van der Waals surface area contributed by atoms with Gasteiger partial charge in [-0.05, 0) is 43.6 Å². The highest BCUT2D eigenvalue weighted by atomic mass is 32.2. The van der Waals surface area contributed by atoms with Crippen molar-refractivity contribution in [1.82, 2.24) is 5.32 Å². The van der Waals surface area contributed by atoms with Crippen molar-refractivity contribution in [1.29, 1.82) is 0 Å². The summed E-state index contributed by atoms with van der Waals surface area (Å²) >= 11 is 1.96. The van der Waals surface area contributed by atoms with Crippen molar-refractivity contribution in [3.63, 3.8) is 0 Å². The van der Waals surface area contributed by atoms with Crippen LogP contribution >= 0.6 is 11.8 Å². The molecule has 0 saturated heterocycles. The van der Waals surface area contributed by atoms with Gasteiger partial charge in [-0.15, -0.1) is 11.8 Å². The Labute approximate surface area is 108 Å². The van der Waals surface area contributed by atoms with Gasteiger partial charge < -0.3 is 10.4 Å². The molecule has 17 heavy (non-hydrogen) atoms. The lowest BCUT2D eigenvalue weighted by Gasteiger charge is -2.23. The fraction of sp³-hybridized carbons (Fsp3) is 0.571. The second kappa shape index (κ2) is 6.43. The smallest absolute Gasteiger partial charge is 0.0445 e. The Balaban J connectivity index is 2.11. The number of thioether (sulfide) groups is 1. The van der Waals surface area contributed by atoms with Crippen LogP contribution in [0.25, 0.3) is 0 Å². The Morgan fingerprint density at radius 1 is 1.47 bits per heavy atom. The van der Waals surface area contributed by atoms with Crippen molar-refractivity contribution in [3.8, 4) is 0 Å². The molecule has 3 heteroatoms. The van der Waals surface area contributed by atoms with Crippen molar-refractivity contribution < 1.29 is 5.11 Å². The molecule has 0 radical (unpaired) electrons. The zero-order valence-corrected chi connectivity index (χ0v) is 11.2. The number of nitrogens with one attached hydrogen (secondary N) is 1. The predicted molar refractivity (Wildman–Crippen MR) is 73.4 cm³/mol.